The van der Waals surface area contributed by atoms with Crippen LogP contribution < -0.4 is 10.5 Å². The second-order valence-electron chi connectivity index (χ2n) is 5.09. The van der Waals surface area contributed by atoms with E-state index in [9.17, 15) is 4.39 Å². The fourth-order valence-corrected chi connectivity index (χ4v) is 2.06. The molecule has 0 aromatic heterocycles. The number of benzene rings is 2. The molecular weight excluding hydrogens is 317 g/mol. The maximum Gasteiger partial charge on any atom is 0.196 e. The van der Waals surface area contributed by atoms with E-state index in [1.807, 2.05) is 20.9 Å². The summed E-state index contributed by atoms with van der Waals surface area (Å²) in [5.74, 6) is 0.560. The number of nitrogens with two attached hydrogens (primary N) is 1. The highest BCUT2D eigenvalue weighted by Gasteiger charge is 2.11. The summed E-state index contributed by atoms with van der Waals surface area (Å²) < 4.78 is 19.3. The van der Waals surface area contributed by atoms with Crippen LogP contribution in [0.5, 0.6) is 11.5 Å². The molecule has 2 rings (SSSR count). The van der Waals surface area contributed by atoms with Gasteiger partial charge < -0.3 is 15.4 Å². The Morgan fingerprint density at radius 1 is 1.30 bits per heavy atom. The number of rotatable bonds is 4. The van der Waals surface area contributed by atoms with Crippen molar-refractivity contribution >= 4 is 23.2 Å². The molecule has 0 aliphatic heterocycles. The predicted molar refractivity (Wildman–Crippen MR) is 92.2 cm³/mol. The Hall–Kier alpha value is -2.27. The Morgan fingerprint density at radius 2 is 2.00 bits per heavy atom. The van der Waals surface area contributed by atoms with Gasteiger partial charge in [-0.05, 0) is 37.6 Å². The first kappa shape index (κ1) is 17.1. The number of para-hydroxylation sites is 1. The van der Waals surface area contributed by atoms with Gasteiger partial charge in [0.1, 0.15) is 5.75 Å². The largest absolute Gasteiger partial charge is 0.454 e. The van der Waals surface area contributed by atoms with Crippen LogP contribution in [0.15, 0.2) is 41.4 Å². The van der Waals surface area contributed by atoms with E-state index in [4.69, 9.17) is 22.1 Å². The fraction of sp³-hybridized carbons (Fsp3) is 0.235. The zero-order chi connectivity index (χ0) is 17.0. The highest BCUT2D eigenvalue weighted by molar-refractivity contribution is 6.33. The zero-order valence-electron chi connectivity index (χ0n) is 13.3. The van der Waals surface area contributed by atoms with Crippen LogP contribution in [-0.4, -0.2) is 24.5 Å². The van der Waals surface area contributed by atoms with Gasteiger partial charge in [0.2, 0.25) is 0 Å². The molecule has 0 amide bonds. The lowest BCUT2D eigenvalue weighted by Crippen LogP contribution is -2.33. The maximum atomic E-state index is 13.7. The van der Waals surface area contributed by atoms with Crippen LogP contribution in [0.25, 0.3) is 0 Å². The van der Waals surface area contributed by atoms with Crippen LogP contribution in [0.2, 0.25) is 5.02 Å². The summed E-state index contributed by atoms with van der Waals surface area (Å²) in [6.07, 6.45) is 0. The highest BCUT2D eigenvalue weighted by atomic mass is 35.5. The Kier molecular flexibility index (Phi) is 5.45. The molecule has 0 fully saturated rings. The summed E-state index contributed by atoms with van der Waals surface area (Å²) in [6, 6.07) is 9.58. The van der Waals surface area contributed by atoms with Crippen molar-refractivity contribution in [1.82, 2.24) is 4.90 Å². The molecule has 2 aromatic rings. The van der Waals surface area contributed by atoms with Crippen molar-refractivity contribution in [3.05, 3.63) is 52.8 Å². The van der Waals surface area contributed by atoms with Crippen molar-refractivity contribution in [3.63, 3.8) is 0 Å². The number of hydrogen-bond donors (Lipinski definition) is 1. The van der Waals surface area contributed by atoms with E-state index in [-0.39, 0.29) is 5.75 Å². The van der Waals surface area contributed by atoms with Gasteiger partial charge in [0.15, 0.2) is 17.5 Å². The number of ether oxygens (including phenoxy) is 1. The molecule has 0 atom stereocenters. The Bertz CT molecular complexity index is 734. The topological polar surface area (TPSA) is 50.8 Å². The quantitative estimate of drug-likeness (QED) is 0.662. The third-order valence-electron chi connectivity index (χ3n) is 3.40. The monoisotopic (exact) mass is 335 g/mol. The van der Waals surface area contributed by atoms with Crippen molar-refractivity contribution < 1.29 is 9.13 Å². The second kappa shape index (κ2) is 7.33. The number of aryl methyl sites for hydroxylation is 1. The predicted octanol–water partition coefficient (Wildman–Crippen LogP) is 4.48. The Balaban J connectivity index is 2.32. The van der Waals surface area contributed by atoms with Crippen LogP contribution in [0.4, 0.5) is 10.1 Å². The molecule has 6 heteroatoms. The van der Waals surface area contributed by atoms with Crippen molar-refractivity contribution in [3.8, 4) is 11.5 Å². The summed E-state index contributed by atoms with van der Waals surface area (Å²) >= 11 is 6.24. The van der Waals surface area contributed by atoms with E-state index >= 15 is 0 Å². The standard InChI is InChI=1S/C17H19ClFN3O/c1-4-22(3)17(20)21-14-9-11(2)16(10-12(14)18)23-15-8-6-5-7-13(15)19/h5-10H,4H2,1-3H3,(H2,20,21). The third-order valence-corrected chi connectivity index (χ3v) is 3.70. The van der Waals surface area contributed by atoms with E-state index in [1.165, 1.54) is 6.07 Å². The molecule has 2 N–H and O–H groups in total. The van der Waals surface area contributed by atoms with Crippen LogP contribution in [0.1, 0.15) is 12.5 Å². The van der Waals surface area contributed by atoms with E-state index in [0.717, 1.165) is 12.1 Å². The molecule has 2 aromatic carbocycles. The average Bonchev–Trinajstić information content (AvgIpc) is 2.53. The van der Waals surface area contributed by atoms with Crippen LogP contribution in [-0.2, 0) is 0 Å². The van der Waals surface area contributed by atoms with E-state index < -0.39 is 5.82 Å². The minimum atomic E-state index is -0.432. The molecule has 0 aliphatic rings. The lowest BCUT2D eigenvalue weighted by atomic mass is 10.2. The Morgan fingerprint density at radius 3 is 2.65 bits per heavy atom. The average molecular weight is 336 g/mol. The van der Waals surface area contributed by atoms with Gasteiger partial charge in [0.25, 0.3) is 0 Å². The first-order valence-electron chi connectivity index (χ1n) is 7.20. The molecule has 0 radical (unpaired) electrons. The van der Waals surface area contributed by atoms with Gasteiger partial charge in [0, 0.05) is 19.7 Å². The summed E-state index contributed by atoms with van der Waals surface area (Å²) in [6.45, 7) is 4.55. The molecule has 0 aliphatic carbocycles. The Labute approximate surface area is 140 Å². The molecule has 4 nitrogen and oxygen atoms in total. The summed E-state index contributed by atoms with van der Waals surface area (Å²) in [7, 11) is 1.84. The second-order valence-corrected chi connectivity index (χ2v) is 5.49. The van der Waals surface area contributed by atoms with Crippen LogP contribution in [0.3, 0.4) is 0 Å². The molecular formula is C17H19ClFN3O. The van der Waals surface area contributed by atoms with Crippen LogP contribution in [0, 0.1) is 12.7 Å². The molecule has 0 saturated heterocycles. The number of hydrogen-bond acceptors (Lipinski definition) is 2. The third kappa shape index (κ3) is 4.13. The number of aliphatic imine (C=N–C) groups is 1. The molecule has 0 saturated carbocycles. The smallest absolute Gasteiger partial charge is 0.196 e. The maximum absolute atomic E-state index is 13.7. The first-order valence-corrected chi connectivity index (χ1v) is 7.58. The molecule has 23 heavy (non-hydrogen) atoms. The SMILES string of the molecule is CCN(C)C(N)=Nc1cc(C)c(Oc2ccccc2F)cc1Cl. The molecule has 0 heterocycles. The first-order chi connectivity index (χ1) is 10.9. The van der Waals surface area contributed by atoms with Crippen molar-refractivity contribution in [2.45, 2.75) is 13.8 Å². The van der Waals surface area contributed by atoms with Crippen molar-refractivity contribution in [2.24, 2.45) is 10.7 Å². The minimum absolute atomic E-state index is 0.146. The van der Waals surface area contributed by atoms with E-state index in [2.05, 4.69) is 4.99 Å². The summed E-state index contributed by atoms with van der Waals surface area (Å²) in [4.78, 5) is 6.12. The number of guanidine groups is 1. The number of nitrogens with zero attached hydrogens (tertiary/aromatic N) is 2. The normalized spacial score (nSPS) is 11.4. The highest BCUT2D eigenvalue weighted by Crippen LogP contribution is 2.35. The van der Waals surface area contributed by atoms with Crippen LogP contribution >= 0.6 is 11.6 Å². The number of halogens is 2. The van der Waals surface area contributed by atoms with E-state index in [1.54, 1.807) is 35.2 Å². The molecule has 0 spiro atoms. The van der Waals surface area contributed by atoms with Gasteiger partial charge in [-0.25, -0.2) is 9.38 Å². The summed E-state index contributed by atoms with van der Waals surface area (Å²) in [5, 5.41) is 0.384. The fourth-order valence-electron chi connectivity index (χ4n) is 1.86. The lowest BCUT2D eigenvalue weighted by Gasteiger charge is -2.16. The van der Waals surface area contributed by atoms with Gasteiger partial charge in [0.05, 0.1) is 10.7 Å². The lowest BCUT2D eigenvalue weighted by molar-refractivity contribution is 0.439. The van der Waals surface area contributed by atoms with Gasteiger partial charge in [-0.1, -0.05) is 23.7 Å². The van der Waals surface area contributed by atoms with E-state index in [0.29, 0.717) is 22.4 Å². The van der Waals surface area contributed by atoms with Gasteiger partial charge >= 0.3 is 0 Å². The zero-order valence-corrected chi connectivity index (χ0v) is 14.1. The van der Waals surface area contributed by atoms with Gasteiger partial charge in [-0.3, -0.25) is 0 Å². The van der Waals surface area contributed by atoms with Gasteiger partial charge in [-0.2, -0.15) is 0 Å². The van der Waals surface area contributed by atoms with Gasteiger partial charge in [-0.15, -0.1) is 0 Å². The van der Waals surface area contributed by atoms with Crippen molar-refractivity contribution in [1.29, 1.82) is 0 Å². The van der Waals surface area contributed by atoms with Crippen molar-refractivity contribution in [2.75, 3.05) is 13.6 Å². The molecule has 0 unspecified atom stereocenters. The minimum Gasteiger partial charge on any atom is -0.454 e. The molecule has 0 bridgehead atoms. The summed E-state index contributed by atoms with van der Waals surface area (Å²) in [5.41, 5.74) is 7.22. The molecule has 122 valence electrons.